The molecule has 2 fully saturated rings. The van der Waals surface area contributed by atoms with Crippen molar-refractivity contribution in [2.45, 2.75) is 18.8 Å². The minimum atomic E-state index is -0.0127. The molecule has 0 aromatic heterocycles. The van der Waals surface area contributed by atoms with Gasteiger partial charge in [-0.1, -0.05) is 18.2 Å². The Balaban J connectivity index is 1.97. The molecule has 0 radical (unpaired) electrons. The lowest BCUT2D eigenvalue weighted by Crippen LogP contribution is -2.37. The molecule has 1 nitrogen and oxygen atoms in total. The Hall–Kier alpha value is -0.890. The summed E-state index contributed by atoms with van der Waals surface area (Å²) in [7, 11) is 0. The van der Waals surface area contributed by atoms with Crippen molar-refractivity contribution in [3.8, 4) is 0 Å². The van der Waals surface area contributed by atoms with Crippen LogP contribution in [-0.2, 0) is 0 Å². The Morgan fingerprint density at radius 2 is 1.73 bits per heavy atom. The summed E-state index contributed by atoms with van der Waals surface area (Å²) in [6.45, 7) is 2.13. The molecule has 80 valence electrons. The van der Waals surface area contributed by atoms with Crippen LogP contribution in [-0.4, -0.2) is 13.1 Å². The summed E-state index contributed by atoms with van der Waals surface area (Å²) in [6.07, 6.45) is 2.52. The summed E-state index contributed by atoms with van der Waals surface area (Å²) >= 11 is 0. The summed E-state index contributed by atoms with van der Waals surface area (Å²) in [5, 5.41) is 3.44. The van der Waals surface area contributed by atoms with Crippen LogP contribution in [0.25, 0.3) is 0 Å². The monoisotopic (exact) mass is 205 g/mol. The summed E-state index contributed by atoms with van der Waals surface area (Å²) in [5.74, 6) is 1.76. The van der Waals surface area contributed by atoms with Gasteiger partial charge in [0, 0.05) is 0 Å². The van der Waals surface area contributed by atoms with Crippen molar-refractivity contribution >= 4 is 0 Å². The first-order valence-corrected chi connectivity index (χ1v) is 5.81. The fourth-order valence-corrected chi connectivity index (χ4v) is 3.34. The van der Waals surface area contributed by atoms with E-state index in [-0.39, 0.29) is 5.82 Å². The van der Waals surface area contributed by atoms with Crippen LogP contribution in [0.1, 0.15) is 24.3 Å². The van der Waals surface area contributed by atoms with Gasteiger partial charge in [-0.15, -0.1) is 0 Å². The fraction of sp³-hybridized carbons (Fsp3) is 0.538. The molecule has 1 aliphatic carbocycles. The second-order valence-electron chi connectivity index (χ2n) is 4.80. The van der Waals surface area contributed by atoms with Crippen molar-refractivity contribution in [3.63, 3.8) is 0 Å². The van der Waals surface area contributed by atoms with E-state index in [1.165, 1.54) is 12.8 Å². The number of benzene rings is 1. The van der Waals surface area contributed by atoms with E-state index in [0.29, 0.717) is 17.8 Å². The largest absolute Gasteiger partial charge is 0.316 e. The van der Waals surface area contributed by atoms with Gasteiger partial charge in [0.1, 0.15) is 5.82 Å². The van der Waals surface area contributed by atoms with Crippen molar-refractivity contribution in [2.75, 3.05) is 13.1 Å². The Morgan fingerprint density at radius 3 is 2.40 bits per heavy atom. The minimum absolute atomic E-state index is 0.0127. The third-order valence-corrected chi connectivity index (χ3v) is 4.00. The van der Waals surface area contributed by atoms with Gasteiger partial charge in [0.15, 0.2) is 0 Å². The second kappa shape index (κ2) is 3.60. The standard InChI is InChI=1S/C13H16FN/c14-12-4-2-1-3-11(12)13-9-5-6-10(13)8-15-7-9/h1-4,9-10,13,15H,5-8H2. The lowest BCUT2D eigenvalue weighted by molar-refractivity contribution is 0.315. The first kappa shape index (κ1) is 9.34. The molecule has 2 bridgehead atoms. The van der Waals surface area contributed by atoms with E-state index in [4.69, 9.17) is 0 Å². The molecule has 0 amide bonds. The van der Waals surface area contributed by atoms with E-state index in [0.717, 1.165) is 18.7 Å². The third kappa shape index (κ3) is 1.48. The van der Waals surface area contributed by atoms with Gasteiger partial charge in [-0.25, -0.2) is 4.39 Å². The highest BCUT2D eigenvalue weighted by Crippen LogP contribution is 2.46. The summed E-state index contributed by atoms with van der Waals surface area (Å²) in [4.78, 5) is 0. The molecule has 2 atom stereocenters. The zero-order valence-electron chi connectivity index (χ0n) is 8.75. The highest BCUT2D eigenvalue weighted by atomic mass is 19.1. The van der Waals surface area contributed by atoms with Crippen LogP contribution in [0.3, 0.4) is 0 Å². The van der Waals surface area contributed by atoms with Gasteiger partial charge in [0.2, 0.25) is 0 Å². The van der Waals surface area contributed by atoms with Crippen LogP contribution < -0.4 is 5.32 Å². The Kier molecular flexibility index (Phi) is 2.24. The number of nitrogens with one attached hydrogen (secondary N) is 1. The summed E-state index contributed by atoms with van der Waals surface area (Å²) < 4.78 is 13.7. The van der Waals surface area contributed by atoms with Crippen LogP contribution in [0.4, 0.5) is 4.39 Å². The number of rotatable bonds is 1. The molecule has 2 heteroatoms. The molecule has 1 saturated heterocycles. The maximum Gasteiger partial charge on any atom is 0.126 e. The highest BCUT2D eigenvalue weighted by Gasteiger charge is 2.40. The lowest BCUT2D eigenvalue weighted by atomic mass is 9.80. The molecular weight excluding hydrogens is 189 g/mol. The quantitative estimate of drug-likeness (QED) is 0.743. The molecular formula is C13H16FN. The Bertz CT molecular complexity index is 347. The zero-order chi connectivity index (χ0) is 10.3. The van der Waals surface area contributed by atoms with Gasteiger partial charge in [-0.05, 0) is 55.3 Å². The number of halogens is 1. The predicted octanol–water partition coefficient (Wildman–Crippen LogP) is 2.54. The third-order valence-electron chi connectivity index (χ3n) is 4.00. The van der Waals surface area contributed by atoms with E-state index >= 15 is 0 Å². The van der Waals surface area contributed by atoms with E-state index in [2.05, 4.69) is 5.32 Å². The molecule has 1 aromatic carbocycles. The number of fused-ring (bicyclic) bond motifs is 2. The Morgan fingerprint density at radius 1 is 1.07 bits per heavy atom. The van der Waals surface area contributed by atoms with Crippen LogP contribution in [0.15, 0.2) is 24.3 Å². The van der Waals surface area contributed by atoms with E-state index in [1.54, 1.807) is 12.1 Å². The smallest absolute Gasteiger partial charge is 0.126 e. The topological polar surface area (TPSA) is 12.0 Å². The van der Waals surface area contributed by atoms with Gasteiger partial charge < -0.3 is 5.32 Å². The fourth-order valence-electron chi connectivity index (χ4n) is 3.34. The molecule has 1 saturated carbocycles. The summed E-state index contributed by atoms with van der Waals surface area (Å²) in [6, 6.07) is 7.30. The molecule has 1 heterocycles. The average molecular weight is 205 g/mol. The van der Waals surface area contributed by atoms with Crippen molar-refractivity contribution in [1.29, 1.82) is 0 Å². The molecule has 1 N–H and O–H groups in total. The molecule has 2 unspecified atom stereocenters. The number of piperidine rings is 1. The van der Waals surface area contributed by atoms with Gasteiger partial charge in [0.05, 0.1) is 0 Å². The van der Waals surface area contributed by atoms with Gasteiger partial charge in [-0.2, -0.15) is 0 Å². The maximum absolute atomic E-state index is 13.7. The molecule has 1 aliphatic heterocycles. The first-order valence-electron chi connectivity index (χ1n) is 5.81. The van der Waals surface area contributed by atoms with Crippen molar-refractivity contribution in [1.82, 2.24) is 5.32 Å². The van der Waals surface area contributed by atoms with Crippen molar-refractivity contribution in [3.05, 3.63) is 35.6 Å². The van der Waals surface area contributed by atoms with Crippen LogP contribution >= 0.6 is 0 Å². The van der Waals surface area contributed by atoms with Crippen molar-refractivity contribution in [2.24, 2.45) is 11.8 Å². The number of hydrogen-bond acceptors (Lipinski definition) is 1. The van der Waals surface area contributed by atoms with Crippen LogP contribution in [0, 0.1) is 17.7 Å². The van der Waals surface area contributed by atoms with E-state index in [9.17, 15) is 4.39 Å². The Labute approximate surface area is 89.7 Å². The van der Waals surface area contributed by atoms with E-state index < -0.39 is 0 Å². The molecule has 2 aliphatic rings. The molecule has 15 heavy (non-hydrogen) atoms. The summed E-state index contributed by atoms with van der Waals surface area (Å²) in [5.41, 5.74) is 0.950. The van der Waals surface area contributed by atoms with Gasteiger partial charge >= 0.3 is 0 Å². The average Bonchev–Trinajstić information content (AvgIpc) is 2.50. The van der Waals surface area contributed by atoms with Crippen LogP contribution in [0.5, 0.6) is 0 Å². The lowest BCUT2D eigenvalue weighted by Gasteiger charge is -2.31. The molecule has 1 aromatic rings. The normalized spacial score (nSPS) is 34.3. The number of hydrogen-bond donors (Lipinski definition) is 1. The molecule has 3 rings (SSSR count). The SMILES string of the molecule is Fc1ccccc1C1C2CCC1CNC2. The van der Waals surface area contributed by atoms with Crippen molar-refractivity contribution < 1.29 is 4.39 Å². The zero-order valence-corrected chi connectivity index (χ0v) is 8.75. The minimum Gasteiger partial charge on any atom is -0.316 e. The second-order valence-corrected chi connectivity index (χ2v) is 4.80. The highest BCUT2D eigenvalue weighted by molar-refractivity contribution is 5.25. The van der Waals surface area contributed by atoms with Gasteiger partial charge in [-0.3, -0.25) is 0 Å². The molecule has 0 spiro atoms. The van der Waals surface area contributed by atoms with Gasteiger partial charge in [0.25, 0.3) is 0 Å². The van der Waals surface area contributed by atoms with Crippen LogP contribution in [0.2, 0.25) is 0 Å². The predicted molar refractivity (Wildman–Crippen MR) is 58.2 cm³/mol. The maximum atomic E-state index is 13.7. The van der Waals surface area contributed by atoms with E-state index in [1.807, 2.05) is 12.1 Å². The first-order chi connectivity index (χ1) is 7.36.